The number of allylic oxidation sites excluding steroid dienone is 1. The Morgan fingerprint density at radius 2 is 1.91 bits per heavy atom. The summed E-state index contributed by atoms with van der Waals surface area (Å²) in [4.78, 5) is 17.4. The highest BCUT2D eigenvalue weighted by Crippen LogP contribution is 2.31. The van der Waals surface area contributed by atoms with Crippen molar-refractivity contribution >= 4 is 45.3 Å². The van der Waals surface area contributed by atoms with Gasteiger partial charge in [-0.05, 0) is 30.0 Å². The molecular weight excluding hydrogens is 468 g/mol. The van der Waals surface area contributed by atoms with Gasteiger partial charge in [0.2, 0.25) is 5.91 Å². The van der Waals surface area contributed by atoms with E-state index in [0.29, 0.717) is 18.9 Å². The number of carbonyl (C=O) groups is 1. The number of amides is 1. The van der Waals surface area contributed by atoms with E-state index in [1.54, 1.807) is 17.0 Å². The van der Waals surface area contributed by atoms with Crippen LogP contribution >= 0.6 is 11.3 Å². The number of rotatable bonds is 8. The van der Waals surface area contributed by atoms with Crippen LogP contribution in [0.3, 0.4) is 0 Å². The predicted octanol–water partition coefficient (Wildman–Crippen LogP) is 3.88. The minimum absolute atomic E-state index is 0.165. The third-order valence-corrected chi connectivity index (χ3v) is 9.58. The molecule has 0 spiro atoms. The number of nitrogens with zero attached hydrogens (tertiary/aromatic N) is 3. The van der Waals surface area contributed by atoms with Gasteiger partial charge >= 0.3 is 0 Å². The van der Waals surface area contributed by atoms with Gasteiger partial charge in [-0.2, -0.15) is 4.31 Å². The summed E-state index contributed by atoms with van der Waals surface area (Å²) < 4.78 is 28.0. The maximum atomic E-state index is 13.2. The highest BCUT2D eigenvalue weighted by atomic mass is 32.2. The normalized spacial score (nSPS) is 17.3. The first-order chi connectivity index (χ1) is 16.3. The Labute approximate surface area is 205 Å². The largest absolute Gasteiger partial charge is 0.356 e. The number of thiophene rings is 1. The second-order valence-corrected chi connectivity index (χ2v) is 11.7. The summed E-state index contributed by atoms with van der Waals surface area (Å²) in [6, 6.07) is 9.38. The van der Waals surface area contributed by atoms with Crippen LogP contribution in [0.15, 0.2) is 47.2 Å². The summed E-state index contributed by atoms with van der Waals surface area (Å²) in [5.41, 5.74) is 2.66. The van der Waals surface area contributed by atoms with Crippen LogP contribution in [-0.2, 0) is 21.4 Å². The molecule has 180 valence electrons. The molecule has 0 unspecified atom stereocenters. The van der Waals surface area contributed by atoms with Crippen LogP contribution in [0.5, 0.6) is 0 Å². The number of sulfonamides is 1. The van der Waals surface area contributed by atoms with Gasteiger partial charge < -0.3 is 9.80 Å². The molecule has 2 aromatic rings. The Morgan fingerprint density at radius 1 is 1.18 bits per heavy atom. The van der Waals surface area contributed by atoms with Crippen molar-refractivity contribution in [1.29, 1.82) is 5.41 Å². The van der Waals surface area contributed by atoms with Gasteiger partial charge in [0.25, 0.3) is 10.0 Å². The smallest absolute Gasteiger partial charge is 0.253 e. The maximum absolute atomic E-state index is 13.2. The SMILES string of the molecule is C=Cc1sc(S(=O)(=O)N2CCN(Cc3ccc(C(=N)N4CCC4)cc3)C(=O)C2)cc1/C=C\CC. The second kappa shape index (κ2) is 10.2. The molecule has 1 N–H and O–H groups in total. The van der Waals surface area contributed by atoms with Gasteiger partial charge in [0, 0.05) is 43.2 Å². The van der Waals surface area contributed by atoms with Crippen LogP contribution in [-0.4, -0.2) is 67.0 Å². The molecule has 7 nitrogen and oxygen atoms in total. The number of hydrogen-bond acceptors (Lipinski definition) is 5. The number of nitrogens with one attached hydrogen (secondary N) is 1. The van der Waals surface area contributed by atoms with Crippen LogP contribution in [0.2, 0.25) is 0 Å². The van der Waals surface area contributed by atoms with Crippen molar-refractivity contribution in [3.8, 4) is 0 Å². The van der Waals surface area contributed by atoms with Crippen molar-refractivity contribution in [2.45, 2.75) is 30.5 Å². The first-order valence-electron chi connectivity index (χ1n) is 11.5. The summed E-state index contributed by atoms with van der Waals surface area (Å²) in [6.45, 7) is 8.53. The zero-order valence-electron chi connectivity index (χ0n) is 19.4. The van der Waals surface area contributed by atoms with E-state index in [2.05, 4.69) is 6.58 Å². The quantitative estimate of drug-likeness (QED) is 0.442. The lowest BCUT2D eigenvalue weighted by molar-refractivity contribution is -0.134. The number of amidine groups is 1. The molecule has 3 heterocycles. The maximum Gasteiger partial charge on any atom is 0.253 e. The van der Waals surface area contributed by atoms with Gasteiger partial charge in [0.1, 0.15) is 10.0 Å². The summed E-state index contributed by atoms with van der Waals surface area (Å²) >= 11 is 1.18. The minimum Gasteiger partial charge on any atom is -0.356 e. The Morgan fingerprint density at radius 3 is 2.50 bits per heavy atom. The second-order valence-electron chi connectivity index (χ2n) is 8.44. The average Bonchev–Trinajstić information content (AvgIpc) is 3.22. The topological polar surface area (TPSA) is 84.8 Å². The molecule has 0 saturated carbocycles. The zero-order valence-corrected chi connectivity index (χ0v) is 21.0. The number of benzene rings is 1. The van der Waals surface area contributed by atoms with Crippen molar-refractivity contribution in [1.82, 2.24) is 14.1 Å². The molecule has 34 heavy (non-hydrogen) atoms. The van der Waals surface area contributed by atoms with E-state index in [-0.39, 0.29) is 23.2 Å². The zero-order chi connectivity index (χ0) is 24.3. The van der Waals surface area contributed by atoms with Crippen molar-refractivity contribution in [2.75, 3.05) is 32.7 Å². The fraction of sp³-hybridized carbons (Fsp3) is 0.360. The molecule has 9 heteroatoms. The molecule has 2 saturated heterocycles. The average molecular weight is 499 g/mol. The lowest BCUT2D eigenvalue weighted by Gasteiger charge is -2.34. The molecule has 0 bridgehead atoms. The molecule has 2 aliphatic heterocycles. The molecule has 0 aliphatic carbocycles. The molecule has 1 amide bonds. The molecule has 2 aliphatic rings. The Bertz CT molecular complexity index is 1210. The highest BCUT2D eigenvalue weighted by Gasteiger charge is 2.34. The van der Waals surface area contributed by atoms with Crippen LogP contribution < -0.4 is 0 Å². The van der Waals surface area contributed by atoms with Crippen molar-refractivity contribution in [2.24, 2.45) is 0 Å². The van der Waals surface area contributed by atoms with E-state index in [0.717, 1.165) is 47.5 Å². The monoisotopic (exact) mass is 498 g/mol. The van der Waals surface area contributed by atoms with Crippen LogP contribution in [0, 0.1) is 5.41 Å². The third kappa shape index (κ3) is 5.01. The molecule has 1 aromatic carbocycles. The molecular formula is C25H30N4O3S2. The summed E-state index contributed by atoms with van der Waals surface area (Å²) in [6.07, 6.45) is 7.54. The number of hydrogen-bond donors (Lipinski definition) is 1. The number of carbonyl (C=O) groups excluding carboxylic acids is 1. The van der Waals surface area contributed by atoms with Gasteiger partial charge in [0.15, 0.2) is 0 Å². The van der Waals surface area contributed by atoms with E-state index >= 15 is 0 Å². The standard InChI is InChI=1S/C25H30N4O3S2/c1-3-5-7-21-16-24(33-22(21)4-2)34(31,32)29-15-14-28(23(30)18-29)17-19-8-10-20(11-9-19)25(26)27-12-6-13-27/h4-5,7-11,16,26H,2-3,6,12-15,17-18H2,1H3/b7-5-,26-25?. The fourth-order valence-corrected chi connectivity index (χ4v) is 6.82. The molecule has 4 rings (SSSR count). The fourth-order valence-electron chi connectivity index (χ4n) is 3.95. The molecule has 0 atom stereocenters. The Balaban J connectivity index is 1.40. The van der Waals surface area contributed by atoms with E-state index in [1.807, 2.05) is 48.2 Å². The van der Waals surface area contributed by atoms with E-state index < -0.39 is 10.0 Å². The lowest BCUT2D eigenvalue weighted by atomic mass is 10.1. The van der Waals surface area contributed by atoms with E-state index in [9.17, 15) is 13.2 Å². The third-order valence-electron chi connectivity index (χ3n) is 6.14. The van der Waals surface area contributed by atoms with Crippen LogP contribution in [0.25, 0.3) is 12.2 Å². The van der Waals surface area contributed by atoms with Gasteiger partial charge in [-0.3, -0.25) is 10.2 Å². The van der Waals surface area contributed by atoms with Crippen molar-refractivity contribution in [3.05, 3.63) is 64.6 Å². The first-order valence-corrected chi connectivity index (χ1v) is 13.7. The first kappa shape index (κ1) is 24.4. The van der Waals surface area contributed by atoms with Gasteiger partial charge in [-0.15, -0.1) is 11.3 Å². The van der Waals surface area contributed by atoms with E-state index in [4.69, 9.17) is 5.41 Å². The molecule has 1 aromatic heterocycles. The minimum atomic E-state index is -3.75. The summed E-state index contributed by atoms with van der Waals surface area (Å²) in [5, 5.41) is 8.24. The Kier molecular flexibility index (Phi) is 7.35. The molecule has 0 radical (unpaired) electrons. The van der Waals surface area contributed by atoms with Crippen molar-refractivity contribution < 1.29 is 13.2 Å². The molecule has 2 fully saturated rings. The number of likely N-dealkylation sites (tertiary alicyclic amines) is 1. The van der Waals surface area contributed by atoms with Gasteiger partial charge in [-0.1, -0.05) is 56.0 Å². The van der Waals surface area contributed by atoms with Crippen molar-refractivity contribution in [3.63, 3.8) is 0 Å². The van der Waals surface area contributed by atoms with Crippen LogP contribution in [0.4, 0.5) is 0 Å². The predicted molar refractivity (Wildman–Crippen MR) is 137 cm³/mol. The summed E-state index contributed by atoms with van der Waals surface area (Å²) in [5.74, 6) is 0.327. The Hall–Kier alpha value is -2.75. The van der Waals surface area contributed by atoms with Gasteiger partial charge in [0.05, 0.1) is 6.54 Å². The summed E-state index contributed by atoms with van der Waals surface area (Å²) in [7, 11) is -3.75. The lowest BCUT2D eigenvalue weighted by Crippen LogP contribution is -2.51. The van der Waals surface area contributed by atoms with Gasteiger partial charge in [-0.25, -0.2) is 8.42 Å². The van der Waals surface area contributed by atoms with Crippen LogP contribution in [0.1, 0.15) is 41.3 Å². The highest BCUT2D eigenvalue weighted by molar-refractivity contribution is 7.91. The van der Waals surface area contributed by atoms with E-state index in [1.165, 1.54) is 15.6 Å². The number of piperazine rings is 1.